The highest BCUT2D eigenvalue weighted by molar-refractivity contribution is 7.92. The second kappa shape index (κ2) is 8.90. The lowest BCUT2D eigenvalue weighted by molar-refractivity contribution is -0.122. The summed E-state index contributed by atoms with van der Waals surface area (Å²) >= 11 is 0. The van der Waals surface area contributed by atoms with Gasteiger partial charge in [-0.2, -0.15) is 0 Å². The number of hydrogen-bond donors (Lipinski definition) is 1. The van der Waals surface area contributed by atoms with Crippen LogP contribution >= 0.6 is 0 Å². The molecule has 146 valence electrons. The molecule has 7 heteroatoms. The zero-order valence-electron chi connectivity index (χ0n) is 16.1. The molecule has 0 aliphatic heterocycles. The van der Waals surface area contributed by atoms with Gasteiger partial charge < -0.3 is 10.1 Å². The maximum absolute atomic E-state index is 12.6. The van der Waals surface area contributed by atoms with Crippen molar-refractivity contribution in [3.8, 4) is 5.75 Å². The highest BCUT2D eigenvalue weighted by Gasteiger charge is 2.28. The van der Waals surface area contributed by atoms with Crippen LogP contribution in [-0.4, -0.2) is 33.2 Å². The fraction of sp³-hybridized carbons (Fsp3) is 0.350. The first-order valence-corrected chi connectivity index (χ1v) is 10.6. The second-order valence-electron chi connectivity index (χ2n) is 6.37. The molecule has 0 fully saturated rings. The molecule has 0 aliphatic rings. The van der Waals surface area contributed by atoms with E-state index in [2.05, 4.69) is 5.32 Å². The minimum absolute atomic E-state index is 0.307. The standard InChI is InChI=1S/C20H26N2O4S/c1-5-26-19-12-8-17(9-13-19)14-21-20(23)16(3)22(27(4,24)25)18-10-6-15(2)7-11-18/h6-13,16H,5,14H2,1-4H3,(H,21,23). The predicted molar refractivity (Wildman–Crippen MR) is 107 cm³/mol. The van der Waals surface area contributed by atoms with Gasteiger partial charge >= 0.3 is 0 Å². The van der Waals surface area contributed by atoms with Crippen molar-refractivity contribution in [2.45, 2.75) is 33.4 Å². The van der Waals surface area contributed by atoms with Crippen molar-refractivity contribution >= 4 is 21.6 Å². The Morgan fingerprint density at radius 2 is 1.70 bits per heavy atom. The Morgan fingerprint density at radius 1 is 1.11 bits per heavy atom. The Morgan fingerprint density at radius 3 is 2.22 bits per heavy atom. The number of nitrogens with zero attached hydrogens (tertiary/aromatic N) is 1. The fourth-order valence-electron chi connectivity index (χ4n) is 2.71. The van der Waals surface area contributed by atoms with Gasteiger partial charge in [-0.15, -0.1) is 0 Å². The summed E-state index contributed by atoms with van der Waals surface area (Å²) in [6.07, 6.45) is 1.10. The highest BCUT2D eigenvalue weighted by atomic mass is 32.2. The van der Waals surface area contributed by atoms with Crippen molar-refractivity contribution in [3.63, 3.8) is 0 Å². The summed E-state index contributed by atoms with van der Waals surface area (Å²) in [6.45, 7) is 6.31. The first-order chi connectivity index (χ1) is 12.7. The molecule has 1 atom stereocenters. The van der Waals surface area contributed by atoms with E-state index in [1.54, 1.807) is 19.1 Å². The average molecular weight is 391 g/mol. The molecule has 0 aromatic heterocycles. The Kier molecular flexibility index (Phi) is 6.85. The molecule has 0 spiro atoms. The number of carbonyl (C=O) groups is 1. The Balaban J connectivity index is 2.09. The van der Waals surface area contributed by atoms with Crippen molar-refractivity contribution in [1.82, 2.24) is 5.32 Å². The largest absolute Gasteiger partial charge is 0.494 e. The smallest absolute Gasteiger partial charge is 0.243 e. The molecule has 0 heterocycles. The number of hydrogen-bond acceptors (Lipinski definition) is 4. The number of carbonyl (C=O) groups excluding carboxylic acids is 1. The van der Waals surface area contributed by atoms with Crippen molar-refractivity contribution in [3.05, 3.63) is 59.7 Å². The van der Waals surface area contributed by atoms with E-state index in [4.69, 9.17) is 4.74 Å². The Bertz CT molecular complexity index is 862. The van der Waals surface area contributed by atoms with Crippen LogP contribution in [0.5, 0.6) is 5.75 Å². The topological polar surface area (TPSA) is 75.7 Å². The quantitative estimate of drug-likeness (QED) is 0.752. The minimum atomic E-state index is -3.61. The van der Waals surface area contributed by atoms with Gasteiger partial charge in [-0.25, -0.2) is 8.42 Å². The minimum Gasteiger partial charge on any atom is -0.494 e. The van der Waals surface area contributed by atoms with Crippen LogP contribution in [0.3, 0.4) is 0 Å². The van der Waals surface area contributed by atoms with Gasteiger partial charge in [0.1, 0.15) is 11.8 Å². The molecular formula is C20H26N2O4S. The number of aryl methyl sites for hydroxylation is 1. The summed E-state index contributed by atoms with van der Waals surface area (Å²) in [7, 11) is -3.61. The van der Waals surface area contributed by atoms with Crippen molar-refractivity contribution in [1.29, 1.82) is 0 Å². The molecule has 2 rings (SSSR count). The van der Waals surface area contributed by atoms with Crippen LogP contribution in [0, 0.1) is 6.92 Å². The number of anilines is 1. The van der Waals surface area contributed by atoms with Gasteiger partial charge in [0.15, 0.2) is 0 Å². The molecule has 0 saturated carbocycles. The maximum Gasteiger partial charge on any atom is 0.243 e. The summed E-state index contributed by atoms with van der Waals surface area (Å²) < 4.78 is 31.1. The van der Waals surface area contributed by atoms with Crippen molar-refractivity contribution < 1.29 is 17.9 Å². The van der Waals surface area contributed by atoms with Gasteiger partial charge in [-0.1, -0.05) is 29.8 Å². The van der Waals surface area contributed by atoms with Crippen molar-refractivity contribution in [2.24, 2.45) is 0 Å². The van der Waals surface area contributed by atoms with Crippen LogP contribution in [0.15, 0.2) is 48.5 Å². The van der Waals surface area contributed by atoms with E-state index >= 15 is 0 Å². The van der Waals surface area contributed by atoms with Crippen LogP contribution in [-0.2, 0) is 21.4 Å². The lowest BCUT2D eigenvalue weighted by atomic mass is 10.2. The molecular weight excluding hydrogens is 364 g/mol. The monoisotopic (exact) mass is 390 g/mol. The van der Waals surface area contributed by atoms with Gasteiger partial charge in [0, 0.05) is 6.54 Å². The lowest BCUT2D eigenvalue weighted by Gasteiger charge is -2.28. The first-order valence-electron chi connectivity index (χ1n) is 8.78. The zero-order valence-corrected chi connectivity index (χ0v) is 16.9. The van der Waals surface area contributed by atoms with E-state index < -0.39 is 16.1 Å². The number of rotatable bonds is 8. The molecule has 0 radical (unpaired) electrons. The lowest BCUT2D eigenvalue weighted by Crippen LogP contribution is -2.47. The number of amides is 1. The molecule has 0 aliphatic carbocycles. The van der Waals surface area contributed by atoms with Gasteiger partial charge in [-0.05, 0) is 50.6 Å². The molecule has 2 aromatic carbocycles. The van der Waals surface area contributed by atoms with E-state index in [-0.39, 0.29) is 5.91 Å². The van der Waals surface area contributed by atoms with Gasteiger partial charge in [0.05, 0.1) is 18.6 Å². The summed E-state index contributed by atoms with van der Waals surface area (Å²) in [5.41, 5.74) is 2.38. The van der Waals surface area contributed by atoms with Crippen LogP contribution in [0.1, 0.15) is 25.0 Å². The summed E-state index contributed by atoms with van der Waals surface area (Å²) in [4.78, 5) is 12.6. The van der Waals surface area contributed by atoms with Crippen LogP contribution < -0.4 is 14.4 Å². The first kappa shape index (κ1) is 20.8. The molecule has 6 nitrogen and oxygen atoms in total. The Labute approximate surface area is 161 Å². The third-order valence-corrected chi connectivity index (χ3v) is 5.32. The molecule has 1 unspecified atom stereocenters. The van der Waals surface area contributed by atoms with E-state index in [0.717, 1.165) is 27.4 Å². The second-order valence-corrected chi connectivity index (χ2v) is 8.22. The molecule has 0 bridgehead atoms. The number of nitrogens with one attached hydrogen (secondary N) is 1. The van der Waals surface area contributed by atoms with E-state index in [0.29, 0.717) is 18.8 Å². The van der Waals surface area contributed by atoms with Crippen molar-refractivity contribution in [2.75, 3.05) is 17.2 Å². The Hall–Kier alpha value is -2.54. The van der Waals surface area contributed by atoms with E-state index in [1.165, 1.54) is 0 Å². The maximum atomic E-state index is 12.6. The number of ether oxygens (including phenoxy) is 1. The summed E-state index contributed by atoms with van der Waals surface area (Å²) in [6, 6.07) is 13.6. The number of sulfonamides is 1. The van der Waals surface area contributed by atoms with Crippen LogP contribution in [0.2, 0.25) is 0 Å². The van der Waals surface area contributed by atoms with Gasteiger partial charge in [0.25, 0.3) is 0 Å². The van der Waals surface area contributed by atoms with Gasteiger partial charge in [0.2, 0.25) is 15.9 Å². The normalized spacial score (nSPS) is 12.3. The molecule has 1 N–H and O–H groups in total. The SMILES string of the molecule is CCOc1ccc(CNC(=O)C(C)N(c2ccc(C)cc2)S(C)(=O)=O)cc1. The molecule has 2 aromatic rings. The molecule has 27 heavy (non-hydrogen) atoms. The molecule has 1 amide bonds. The fourth-order valence-corrected chi connectivity index (χ4v) is 3.88. The zero-order chi connectivity index (χ0) is 20.0. The molecule has 0 saturated heterocycles. The predicted octanol–water partition coefficient (Wildman–Crippen LogP) is 2.86. The van der Waals surface area contributed by atoms with Crippen LogP contribution in [0.25, 0.3) is 0 Å². The third kappa shape index (κ3) is 5.72. The average Bonchev–Trinajstić information content (AvgIpc) is 2.61. The van der Waals surface area contributed by atoms with Gasteiger partial charge in [-0.3, -0.25) is 9.10 Å². The van der Waals surface area contributed by atoms with E-state index in [1.807, 2.05) is 50.2 Å². The third-order valence-electron chi connectivity index (χ3n) is 4.08. The summed E-state index contributed by atoms with van der Waals surface area (Å²) in [5.74, 6) is 0.401. The summed E-state index contributed by atoms with van der Waals surface area (Å²) in [5, 5.41) is 2.80. The van der Waals surface area contributed by atoms with Crippen LogP contribution in [0.4, 0.5) is 5.69 Å². The highest BCUT2D eigenvalue weighted by Crippen LogP contribution is 2.21. The number of benzene rings is 2. The van der Waals surface area contributed by atoms with E-state index in [9.17, 15) is 13.2 Å².